The van der Waals surface area contributed by atoms with Crippen molar-refractivity contribution in [1.29, 1.82) is 0 Å². The lowest BCUT2D eigenvalue weighted by Crippen LogP contribution is -2.23. The molecule has 0 N–H and O–H groups in total. The molecule has 0 unspecified atom stereocenters. The fraction of sp³-hybridized carbons (Fsp3) is 0.316. The van der Waals surface area contributed by atoms with Gasteiger partial charge in [-0.1, -0.05) is 18.9 Å². The van der Waals surface area contributed by atoms with Gasteiger partial charge in [0.05, 0.1) is 5.69 Å². The van der Waals surface area contributed by atoms with Crippen LogP contribution in [0.1, 0.15) is 36.9 Å². The van der Waals surface area contributed by atoms with Gasteiger partial charge in [0.1, 0.15) is 5.65 Å². The third kappa shape index (κ3) is 2.65. The summed E-state index contributed by atoms with van der Waals surface area (Å²) in [5, 5.41) is 0. The lowest BCUT2D eigenvalue weighted by Gasteiger charge is -2.14. The van der Waals surface area contributed by atoms with Crippen LogP contribution in [-0.2, 0) is 12.8 Å². The minimum atomic E-state index is 0.102. The van der Waals surface area contributed by atoms with Crippen molar-refractivity contribution in [3.63, 3.8) is 0 Å². The summed E-state index contributed by atoms with van der Waals surface area (Å²) in [5.41, 5.74) is 4.82. The summed E-state index contributed by atoms with van der Waals surface area (Å²) in [7, 11) is 0. The van der Waals surface area contributed by atoms with Gasteiger partial charge < -0.3 is 0 Å². The normalized spacial score (nSPS) is 15.0. The van der Waals surface area contributed by atoms with Gasteiger partial charge in [-0.05, 0) is 49.4 Å². The van der Waals surface area contributed by atoms with Crippen LogP contribution in [0.25, 0.3) is 16.8 Å². The van der Waals surface area contributed by atoms with Crippen molar-refractivity contribution in [2.75, 3.05) is 0 Å². The molecule has 0 aliphatic heterocycles. The molecular formula is C19H19N3O. The van der Waals surface area contributed by atoms with Gasteiger partial charge in [0.2, 0.25) is 0 Å². The first-order chi connectivity index (χ1) is 11.3. The first-order valence-corrected chi connectivity index (χ1v) is 8.27. The molecule has 0 spiro atoms. The smallest absolute Gasteiger partial charge is 0.261 e. The van der Waals surface area contributed by atoms with Gasteiger partial charge in [-0.3, -0.25) is 14.2 Å². The molecule has 0 saturated heterocycles. The van der Waals surface area contributed by atoms with Crippen LogP contribution in [0.15, 0.2) is 47.7 Å². The molecule has 4 rings (SSSR count). The number of nitrogens with zero attached hydrogens (tertiary/aromatic N) is 3. The van der Waals surface area contributed by atoms with Crippen LogP contribution in [-0.4, -0.2) is 14.4 Å². The van der Waals surface area contributed by atoms with Crippen LogP contribution >= 0.6 is 0 Å². The van der Waals surface area contributed by atoms with Crippen molar-refractivity contribution in [3.8, 4) is 11.1 Å². The van der Waals surface area contributed by atoms with Crippen LogP contribution in [0.2, 0.25) is 0 Å². The van der Waals surface area contributed by atoms with Crippen molar-refractivity contribution in [3.05, 3.63) is 64.5 Å². The molecule has 1 aliphatic carbocycles. The van der Waals surface area contributed by atoms with Crippen molar-refractivity contribution in [1.82, 2.24) is 14.4 Å². The average Bonchev–Trinajstić information content (AvgIpc) is 2.57. The lowest BCUT2D eigenvalue weighted by atomic mass is 9.98. The molecule has 0 fully saturated rings. The SMILES string of the molecule is O=c1c2c(nc3cc(-c4cccnc4)ccn13)CCCCCC2. The average molecular weight is 305 g/mol. The maximum atomic E-state index is 12.8. The van der Waals surface area contributed by atoms with Crippen molar-refractivity contribution in [2.45, 2.75) is 38.5 Å². The highest BCUT2D eigenvalue weighted by Crippen LogP contribution is 2.21. The number of aryl methyl sites for hydroxylation is 1. The topological polar surface area (TPSA) is 47.3 Å². The third-order valence-electron chi connectivity index (χ3n) is 4.59. The second kappa shape index (κ2) is 5.95. The third-order valence-corrected chi connectivity index (χ3v) is 4.59. The summed E-state index contributed by atoms with van der Waals surface area (Å²) in [4.78, 5) is 21.8. The molecule has 0 saturated carbocycles. The monoisotopic (exact) mass is 305 g/mol. The van der Waals surface area contributed by atoms with Gasteiger partial charge in [0.25, 0.3) is 5.56 Å². The van der Waals surface area contributed by atoms with Crippen LogP contribution in [0.5, 0.6) is 0 Å². The maximum Gasteiger partial charge on any atom is 0.261 e. The largest absolute Gasteiger partial charge is 0.269 e. The molecule has 0 aromatic carbocycles. The highest BCUT2D eigenvalue weighted by atomic mass is 16.1. The van der Waals surface area contributed by atoms with Crippen molar-refractivity contribution in [2.24, 2.45) is 0 Å². The Hall–Kier alpha value is -2.49. The van der Waals surface area contributed by atoms with Gasteiger partial charge in [-0.2, -0.15) is 0 Å². The Labute approximate surface area is 134 Å². The Kier molecular flexibility index (Phi) is 3.66. The van der Waals surface area contributed by atoms with E-state index in [0.29, 0.717) is 0 Å². The first kappa shape index (κ1) is 14.1. The highest BCUT2D eigenvalue weighted by molar-refractivity contribution is 5.66. The zero-order valence-corrected chi connectivity index (χ0v) is 13.0. The Morgan fingerprint density at radius 3 is 2.70 bits per heavy atom. The Morgan fingerprint density at radius 2 is 1.87 bits per heavy atom. The fourth-order valence-electron chi connectivity index (χ4n) is 3.34. The van der Waals surface area contributed by atoms with Crippen molar-refractivity contribution < 1.29 is 0 Å². The molecule has 3 heterocycles. The summed E-state index contributed by atoms with van der Waals surface area (Å²) in [5.74, 6) is 0. The summed E-state index contributed by atoms with van der Waals surface area (Å²) in [6.45, 7) is 0. The standard InChI is InChI=1S/C19H19N3O/c23-19-16-7-3-1-2-4-8-17(16)21-18-12-14(9-11-22(18)19)15-6-5-10-20-13-15/h5-6,9-13H,1-4,7-8H2. The van der Waals surface area contributed by atoms with E-state index in [4.69, 9.17) is 4.98 Å². The Balaban J connectivity index is 1.89. The number of fused-ring (bicyclic) bond motifs is 2. The van der Waals surface area contributed by atoms with E-state index in [1.165, 1.54) is 12.8 Å². The number of pyridine rings is 2. The fourth-order valence-corrected chi connectivity index (χ4v) is 3.34. The van der Waals surface area contributed by atoms with E-state index < -0.39 is 0 Å². The molecule has 116 valence electrons. The number of aromatic nitrogens is 3. The van der Waals surface area contributed by atoms with Crippen LogP contribution in [0.4, 0.5) is 0 Å². The quantitative estimate of drug-likeness (QED) is 0.692. The second-order valence-electron chi connectivity index (χ2n) is 6.14. The van der Waals surface area contributed by atoms with Gasteiger partial charge in [-0.15, -0.1) is 0 Å². The Morgan fingerprint density at radius 1 is 1.00 bits per heavy atom. The Bertz CT molecular complexity index is 900. The minimum absolute atomic E-state index is 0.102. The minimum Gasteiger partial charge on any atom is -0.269 e. The van der Waals surface area contributed by atoms with Crippen LogP contribution in [0, 0.1) is 0 Å². The first-order valence-electron chi connectivity index (χ1n) is 8.27. The molecule has 0 bridgehead atoms. The van der Waals surface area contributed by atoms with Gasteiger partial charge in [-0.25, -0.2) is 4.98 Å². The molecule has 23 heavy (non-hydrogen) atoms. The molecule has 0 atom stereocenters. The molecule has 3 aromatic rings. The lowest BCUT2D eigenvalue weighted by molar-refractivity contribution is 0.603. The highest BCUT2D eigenvalue weighted by Gasteiger charge is 2.14. The summed E-state index contributed by atoms with van der Waals surface area (Å²) in [6, 6.07) is 7.88. The zero-order valence-electron chi connectivity index (χ0n) is 13.0. The van der Waals surface area contributed by atoms with Gasteiger partial charge >= 0.3 is 0 Å². The zero-order chi connectivity index (χ0) is 15.6. The van der Waals surface area contributed by atoms with E-state index in [1.54, 1.807) is 10.6 Å². The molecule has 4 nitrogen and oxygen atoms in total. The summed E-state index contributed by atoms with van der Waals surface area (Å²) < 4.78 is 1.68. The molecular weight excluding hydrogens is 286 g/mol. The number of rotatable bonds is 1. The van der Waals surface area contributed by atoms with E-state index >= 15 is 0 Å². The molecule has 1 aliphatic rings. The molecule has 0 amide bonds. The predicted octanol–water partition coefficient (Wildman–Crippen LogP) is 3.42. The van der Waals surface area contributed by atoms with Crippen LogP contribution < -0.4 is 5.56 Å². The number of hydrogen-bond acceptors (Lipinski definition) is 3. The second-order valence-corrected chi connectivity index (χ2v) is 6.14. The summed E-state index contributed by atoms with van der Waals surface area (Å²) >= 11 is 0. The van der Waals surface area contributed by atoms with E-state index in [9.17, 15) is 4.79 Å². The van der Waals surface area contributed by atoms with E-state index in [-0.39, 0.29) is 5.56 Å². The van der Waals surface area contributed by atoms with E-state index in [0.717, 1.165) is 53.7 Å². The molecule has 3 aromatic heterocycles. The van der Waals surface area contributed by atoms with E-state index in [1.807, 2.05) is 36.7 Å². The summed E-state index contributed by atoms with van der Waals surface area (Å²) in [6.07, 6.45) is 11.9. The maximum absolute atomic E-state index is 12.8. The van der Waals surface area contributed by atoms with E-state index in [2.05, 4.69) is 4.98 Å². The molecule has 0 radical (unpaired) electrons. The predicted molar refractivity (Wildman–Crippen MR) is 90.6 cm³/mol. The van der Waals surface area contributed by atoms with Gasteiger partial charge in [0.15, 0.2) is 0 Å². The number of hydrogen-bond donors (Lipinski definition) is 0. The van der Waals surface area contributed by atoms with Crippen molar-refractivity contribution >= 4 is 5.65 Å². The van der Waals surface area contributed by atoms with Gasteiger partial charge in [0, 0.05) is 29.7 Å². The molecule has 4 heteroatoms. The van der Waals surface area contributed by atoms with Crippen LogP contribution in [0.3, 0.4) is 0 Å².